The van der Waals surface area contributed by atoms with Crippen molar-refractivity contribution in [2.45, 2.75) is 69.1 Å². The van der Waals surface area contributed by atoms with Crippen molar-refractivity contribution in [3.05, 3.63) is 0 Å². The maximum Gasteiger partial charge on any atom is 0.329 e. The molecular weight excluding hydrogens is 384 g/mol. The van der Waals surface area contributed by atoms with Crippen LogP contribution in [0.3, 0.4) is 0 Å². The van der Waals surface area contributed by atoms with Crippen molar-refractivity contribution in [2.24, 2.45) is 5.73 Å². The molecule has 28 heavy (non-hydrogen) atoms. The molecule has 0 unspecified atom stereocenters. The Hall–Kier alpha value is -1.81. The van der Waals surface area contributed by atoms with Crippen molar-refractivity contribution in [3.63, 3.8) is 0 Å². The molecule has 0 radical (unpaired) electrons. The summed E-state index contributed by atoms with van der Waals surface area (Å²) in [7, 11) is 0. The predicted octanol–water partition coefficient (Wildman–Crippen LogP) is -0.564. The van der Waals surface area contributed by atoms with Gasteiger partial charge in [-0.15, -0.1) is 11.8 Å². The number of carbonyl (C=O) groups excluding carboxylic acids is 4. The molecule has 156 valence electrons. The first-order valence-electron chi connectivity index (χ1n) is 9.57. The molecule has 3 rings (SSSR count). The summed E-state index contributed by atoms with van der Waals surface area (Å²) in [6, 6.07) is -1.68. The highest BCUT2D eigenvalue weighted by atomic mass is 32.2. The van der Waals surface area contributed by atoms with E-state index < -0.39 is 35.6 Å². The molecule has 10 heteroatoms. The SMILES string of the molecule is CC(C)(C)OC(=O)[C@@H]1CCCN1C(=O)CN[C@@H]1C[C@H]2SC[C@H](C(N)=O)N2C1=O. The number of carbonyl (C=O) groups is 4. The standard InChI is InChI=1S/C18H28N4O5S/c1-18(2,3)27-17(26)11-5-4-6-21(11)13(23)8-20-10-7-14-22(16(10)25)12(9-28-14)15(19)24/h10-12,14,20H,4-9H2,1-3H3,(H2,19,24)/t10-,11+,12-,14-/m1/s1. The third kappa shape index (κ3) is 4.27. The zero-order chi connectivity index (χ0) is 20.6. The number of nitrogens with zero attached hydrogens (tertiary/aromatic N) is 2. The zero-order valence-electron chi connectivity index (χ0n) is 16.5. The molecule has 3 fully saturated rings. The van der Waals surface area contributed by atoms with Crippen molar-refractivity contribution in [1.82, 2.24) is 15.1 Å². The number of nitrogens with one attached hydrogen (secondary N) is 1. The predicted molar refractivity (Wildman–Crippen MR) is 103 cm³/mol. The third-order valence-corrected chi connectivity index (χ3v) is 6.48. The van der Waals surface area contributed by atoms with Crippen LogP contribution in [-0.4, -0.2) is 81.4 Å². The second-order valence-electron chi connectivity index (χ2n) is 8.40. The summed E-state index contributed by atoms with van der Waals surface area (Å²) >= 11 is 1.53. The minimum atomic E-state index is -0.607. The monoisotopic (exact) mass is 412 g/mol. The maximum absolute atomic E-state index is 12.7. The number of thioether (sulfide) groups is 1. The summed E-state index contributed by atoms with van der Waals surface area (Å²) in [4.78, 5) is 52.2. The fraction of sp³-hybridized carbons (Fsp3) is 0.778. The maximum atomic E-state index is 12.7. The normalized spacial score (nSPS) is 29.9. The van der Waals surface area contributed by atoms with Gasteiger partial charge in [-0.3, -0.25) is 19.7 Å². The van der Waals surface area contributed by atoms with E-state index in [4.69, 9.17) is 10.5 Å². The second-order valence-corrected chi connectivity index (χ2v) is 9.61. The van der Waals surface area contributed by atoms with Gasteiger partial charge in [0.2, 0.25) is 17.7 Å². The largest absolute Gasteiger partial charge is 0.458 e. The highest BCUT2D eigenvalue weighted by Crippen LogP contribution is 2.37. The molecule has 3 aliphatic rings. The van der Waals surface area contributed by atoms with Crippen LogP contribution >= 0.6 is 11.8 Å². The van der Waals surface area contributed by atoms with Crippen LogP contribution in [0.1, 0.15) is 40.0 Å². The molecule has 0 saturated carbocycles. The topological polar surface area (TPSA) is 122 Å². The van der Waals surface area contributed by atoms with Gasteiger partial charge in [0.1, 0.15) is 17.7 Å². The Morgan fingerprint density at radius 1 is 1.29 bits per heavy atom. The van der Waals surface area contributed by atoms with Gasteiger partial charge in [-0.1, -0.05) is 0 Å². The molecule has 9 nitrogen and oxygen atoms in total. The first kappa shape index (κ1) is 20.9. The first-order valence-corrected chi connectivity index (χ1v) is 10.6. The van der Waals surface area contributed by atoms with Crippen LogP contribution in [0.15, 0.2) is 0 Å². The molecule has 3 aliphatic heterocycles. The quantitative estimate of drug-likeness (QED) is 0.580. The van der Waals surface area contributed by atoms with E-state index in [0.717, 1.165) is 6.42 Å². The number of esters is 1. The van der Waals surface area contributed by atoms with Crippen molar-refractivity contribution in [1.29, 1.82) is 0 Å². The lowest BCUT2D eigenvalue weighted by Crippen LogP contribution is -2.50. The summed E-state index contributed by atoms with van der Waals surface area (Å²) < 4.78 is 5.42. The second kappa shape index (κ2) is 7.90. The molecule has 3 N–H and O–H groups in total. The van der Waals surface area contributed by atoms with Crippen LogP contribution in [0.4, 0.5) is 0 Å². The van der Waals surface area contributed by atoms with Crippen molar-refractivity contribution >= 4 is 35.5 Å². The number of likely N-dealkylation sites (tertiary alicyclic amines) is 1. The Morgan fingerprint density at radius 2 is 2.00 bits per heavy atom. The van der Waals surface area contributed by atoms with E-state index in [1.54, 1.807) is 20.8 Å². The highest BCUT2D eigenvalue weighted by molar-refractivity contribution is 8.00. The van der Waals surface area contributed by atoms with Gasteiger partial charge < -0.3 is 20.3 Å². The van der Waals surface area contributed by atoms with Gasteiger partial charge in [0, 0.05) is 18.7 Å². The lowest BCUT2D eigenvalue weighted by atomic mass is 10.1. The van der Waals surface area contributed by atoms with Gasteiger partial charge in [-0.25, -0.2) is 4.79 Å². The molecule has 3 amide bonds. The van der Waals surface area contributed by atoms with E-state index in [1.165, 1.54) is 21.6 Å². The number of nitrogens with two attached hydrogens (primary N) is 1. The Morgan fingerprint density at radius 3 is 2.64 bits per heavy atom. The summed E-state index contributed by atoms with van der Waals surface area (Å²) in [5, 5.41) is 2.92. The highest BCUT2D eigenvalue weighted by Gasteiger charge is 2.49. The lowest BCUT2D eigenvalue weighted by molar-refractivity contribution is -0.163. The molecule has 0 aromatic rings. The number of hydrogen-bond donors (Lipinski definition) is 2. The fourth-order valence-corrected chi connectivity index (χ4v) is 5.37. The minimum absolute atomic E-state index is 0.0395. The summed E-state index contributed by atoms with van der Waals surface area (Å²) in [5.41, 5.74) is 4.78. The van der Waals surface area contributed by atoms with Gasteiger partial charge in [0.15, 0.2) is 0 Å². The van der Waals surface area contributed by atoms with Crippen LogP contribution in [0.5, 0.6) is 0 Å². The molecule has 0 aromatic carbocycles. The number of ether oxygens (including phenoxy) is 1. The van der Waals surface area contributed by atoms with Crippen LogP contribution in [0.2, 0.25) is 0 Å². The van der Waals surface area contributed by atoms with Gasteiger partial charge in [0.25, 0.3) is 0 Å². The zero-order valence-corrected chi connectivity index (χ0v) is 17.3. The average molecular weight is 413 g/mol. The molecule has 0 aromatic heterocycles. The molecule has 0 aliphatic carbocycles. The Balaban J connectivity index is 1.55. The average Bonchev–Trinajstić information content (AvgIpc) is 3.27. The van der Waals surface area contributed by atoms with E-state index in [9.17, 15) is 19.2 Å². The lowest BCUT2D eigenvalue weighted by Gasteiger charge is -2.28. The fourth-order valence-electron chi connectivity index (χ4n) is 3.91. The van der Waals surface area contributed by atoms with Crippen molar-refractivity contribution < 1.29 is 23.9 Å². The van der Waals surface area contributed by atoms with E-state index in [1.807, 2.05) is 0 Å². The van der Waals surface area contributed by atoms with Crippen LogP contribution < -0.4 is 11.1 Å². The van der Waals surface area contributed by atoms with Crippen molar-refractivity contribution in [3.8, 4) is 0 Å². The van der Waals surface area contributed by atoms with Crippen LogP contribution in [0.25, 0.3) is 0 Å². The molecule has 4 atom stereocenters. The van der Waals surface area contributed by atoms with Crippen molar-refractivity contribution in [2.75, 3.05) is 18.8 Å². The first-order chi connectivity index (χ1) is 13.1. The molecule has 3 heterocycles. The van der Waals surface area contributed by atoms with E-state index >= 15 is 0 Å². The van der Waals surface area contributed by atoms with Crippen LogP contribution in [0, 0.1) is 0 Å². The summed E-state index contributed by atoms with van der Waals surface area (Å²) in [6.45, 7) is 5.84. The molecule has 0 spiro atoms. The third-order valence-electron chi connectivity index (χ3n) is 5.16. The van der Waals surface area contributed by atoms with Gasteiger partial charge in [-0.2, -0.15) is 0 Å². The number of hydrogen-bond acceptors (Lipinski definition) is 7. The van der Waals surface area contributed by atoms with Gasteiger partial charge in [-0.05, 0) is 33.6 Å². The number of primary amides is 1. The molecule has 3 saturated heterocycles. The summed E-state index contributed by atoms with van der Waals surface area (Å²) in [5.74, 6) is -0.805. The van der Waals surface area contributed by atoms with Gasteiger partial charge in [0.05, 0.1) is 18.0 Å². The Bertz CT molecular complexity index is 679. The summed E-state index contributed by atoms with van der Waals surface area (Å²) in [6.07, 6.45) is 1.84. The smallest absolute Gasteiger partial charge is 0.329 e. The Kier molecular flexibility index (Phi) is 5.90. The van der Waals surface area contributed by atoms with E-state index in [-0.39, 0.29) is 23.7 Å². The van der Waals surface area contributed by atoms with E-state index in [0.29, 0.717) is 25.1 Å². The van der Waals surface area contributed by atoms with Gasteiger partial charge >= 0.3 is 5.97 Å². The van der Waals surface area contributed by atoms with Crippen LogP contribution in [-0.2, 0) is 23.9 Å². The number of fused-ring (bicyclic) bond motifs is 1. The minimum Gasteiger partial charge on any atom is -0.458 e. The molecular formula is C18H28N4O5S. The number of rotatable bonds is 5. The Labute approximate surface area is 168 Å². The molecule has 0 bridgehead atoms. The number of amides is 3. The van der Waals surface area contributed by atoms with E-state index in [2.05, 4.69) is 5.32 Å².